The average molecular weight is 240 g/mol. The molecule has 0 aliphatic carbocycles. The zero-order chi connectivity index (χ0) is 12.4. The Morgan fingerprint density at radius 1 is 1.17 bits per heavy atom. The molecule has 0 saturated heterocycles. The summed E-state index contributed by atoms with van der Waals surface area (Å²) in [6, 6.07) is 7.63. The van der Waals surface area contributed by atoms with Gasteiger partial charge in [-0.3, -0.25) is 0 Å². The lowest BCUT2D eigenvalue weighted by Crippen LogP contribution is -2.06. The zero-order valence-corrected chi connectivity index (χ0v) is 9.59. The first-order valence-corrected chi connectivity index (χ1v) is 5.56. The van der Waals surface area contributed by atoms with Gasteiger partial charge in [-0.1, -0.05) is 12.1 Å². The number of fused-ring (bicyclic) bond motifs is 1. The van der Waals surface area contributed by atoms with E-state index in [4.69, 9.17) is 5.73 Å². The third kappa shape index (κ3) is 1.95. The van der Waals surface area contributed by atoms with Gasteiger partial charge in [-0.25, -0.2) is 15.0 Å². The normalized spacial score (nSPS) is 10.7. The van der Waals surface area contributed by atoms with Gasteiger partial charge in [0.05, 0.1) is 29.6 Å². The van der Waals surface area contributed by atoms with Gasteiger partial charge in [-0.2, -0.15) is 0 Å². The summed E-state index contributed by atoms with van der Waals surface area (Å²) in [7, 11) is 0. The number of imidazole rings is 1. The lowest BCUT2D eigenvalue weighted by molar-refractivity contribution is 1.05. The predicted molar refractivity (Wildman–Crippen MR) is 69.9 cm³/mol. The summed E-state index contributed by atoms with van der Waals surface area (Å²) in [4.78, 5) is 15.7. The molecule has 0 spiro atoms. The molecule has 0 aliphatic rings. The van der Waals surface area contributed by atoms with Crippen molar-refractivity contribution in [2.24, 2.45) is 0 Å². The van der Waals surface area contributed by atoms with Crippen molar-refractivity contribution >= 4 is 22.7 Å². The van der Waals surface area contributed by atoms with Crippen LogP contribution in [-0.4, -0.2) is 19.9 Å². The molecule has 90 valence electrons. The number of nitrogens with zero attached hydrogens (tertiary/aromatic N) is 3. The summed E-state index contributed by atoms with van der Waals surface area (Å²) < 4.78 is 0. The first-order valence-electron chi connectivity index (χ1n) is 5.56. The topological polar surface area (TPSA) is 92.5 Å². The smallest absolute Gasteiger partial charge is 0.169 e. The molecular formula is C12H12N6. The summed E-state index contributed by atoms with van der Waals surface area (Å²) in [5.41, 5.74) is 8.44. The van der Waals surface area contributed by atoms with Gasteiger partial charge in [-0.15, -0.1) is 0 Å². The van der Waals surface area contributed by atoms with Gasteiger partial charge < -0.3 is 16.0 Å². The van der Waals surface area contributed by atoms with Crippen molar-refractivity contribution in [2.75, 3.05) is 11.1 Å². The molecule has 0 fully saturated rings. The molecule has 2 aromatic heterocycles. The highest BCUT2D eigenvalue weighted by Crippen LogP contribution is 2.18. The lowest BCUT2D eigenvalue weighted by atomic mass is 10.3. The van der Waals surface area contributed by atoms with E-state index in [9.17, 15) is 0 Å². The van der Waals surface area contributed by atoms with E-state index < -0.39 is 0 Å². The van der Waals surface area contributed by atoms with E-state index in [2.05, 4.69) is 25.3 Å². The van der Waals surface area contributed by atoms with Gasteiger partial charge in [0, 0.05) is 6.20 Å². The van der Waals surface area contributed by atoms with Crippen LogP contribution in [0.4, 0.5) is 11.6 Å². The number of nitrogens with two attached hydrogens (primary N) is 1. The van der Waals surface area contributed by atoms with Crippen molar-refractivity contribution in [1.29, 1.82) is 0 Å². The first kappa shape index (κ1) is 10.5. The average Bonchev–Trinajstić information content (AvgIpc) is 2.89. The molecule has 0 radical (unpaired) electrons. The monoisotopic (exact) mass is 240 g/mol. The number of nitrogen functional groups attached to an aromatic ring is 1. The Bertz CT molecular complexity index is 661. The predicted octanol–water partition coefficient (Wildman–Crippen LogP) is 1.55. The Labute approximate surface area is 103 Å². The van der Waals surface area contributed by atoms with Crippen molar-refractivity contribution in [2.45, 2.75) is 6.54 Å². The van der Waals surface area contributed by atoms with Crippen LogP contribution in [-0.2, 0) is 6.54 Å². The van der Waals surface area contributed by atoms with E-state index >= 15 is 0 Å². The number of aromatic amines is 1. The standard InChI is InChI=1S/C12H12N6/c13-11-12(15-6-8-5-14-7-16-8)18-10-4-2-1-3-9(10)17-11/h1-5,7H,6H2,(H2,13,17)(H,14,16)(H,15,18). The third-order valence-electron chi connectivity index (χ3n) is 2.60. The Balaban J connectivity index is 1.89. The van der Waals surface area contributed by atoms with Crippen molar-refractivity contribution in [3.05, 3.63) is 42.5 Å². The van der Waals surface area contributed by atoms with E-state index in [1.165, 1.54) is 0 Å². The minimum absolute atomic E-state index is 0.396. The van der Waals surface area contributed by atoms with Crippen LogP contribution >= 0.6 is 0 Å². The minimum Gasteiger partial charge on any atom is -0.381 e. The molecule has 3 rings (SSSR count). The summed E-state index contributed by atoms with van der Waals surface area (Å²) in [6.07, 6.45) is 3.38. The van der Waals surface area contributed by atoms with Crippen molar-refractivity contribution in [1.82, 2.24) is 19.9 Å². The molecule has 6 heteroatoms. The number of H-pyrrole nitrogens is 1. The van der Waals surface area contributed by atoms with E-state index in [-0.39, 0.29) is 0 Å². The van der Waals surface area contributed by atoms with Crippen molar-refractivity contribution < 1.29 is 0 Å². The van der Waals surface area contributed by atoms with Gasteiger partial charge in [0.15, 0.2) is 11.6 Å². The molecular weight excluding hydrogens is 228 g/mol. The fraction of sp³-hybridized carbons (Fsp3) is 0.0833. The highest BCUT2D eigenvalue weighted by atomic mass is 15.1. The lowest BCUT2D eigenvalue weighted by Gasteiger charge is -2.07. The second-order valence-electron chi connectivity index (χ2n) is 3.88. The Morgan fingerprint density at radius 3 is 2.67 bits per heavy atom. The van der Waals surface area contributed by atoms with E-state index in [1.807, 2.05) is 24.3 Å². The molecule has 0 bridgehead atoms. The molecule has 3 aromatic rings. The Morgan fingerprint density at radius 2 is 1.94 bits per heavy atom. The number of aromatic nitrogens is 4. The molecule has 0 aliphatic heterocycles. The Hall–Kier alpha value is -2.63. The molecule has 2 heterocycles. The number of anilines is 2. The summed E-state index contributed by atoms with van der Waals surface area (Å²) in [6.45, 7) is 0.581. The SMILES string of the molecule is Nc1nc2ccccc2nc1NCc1cnc[nH]1. The van der Waals surface area contributed by atoms with Gasteiger partial charge >= 0.3 is 0 Å². The number of para-hydroxylation sites is 2. The molecule has 0 unspecified atom stereocenters. The molecule has 18 heavy (non-hydrogen) atoms. The summed E-state index contributed by atoms with van der Waals surface area (Å²) >= 11 is 0. The van der Waals surface area contributed by atoms with E-state index in [1.54, 1.807) is 12.5 Å². The van der Waals surface area contributed by atoms with Crippen LogP contribution < -0.4 is 11.1 Å². The van der Waals surface area contributed by atoms with Crippen LogP contribution in [0.15, 0.2) is 36.8 Å². The number of nitrogens with one attached hydrogen (secondary N) is 2. The van der Waals surface area contributed by atoms with Crippen LogP contribution in [0.2, 0.25) is 0 Å². The second kappa shape index (κ2) is 4.33. The maximum absolute atomic E-state index is 5.86. The molecule has 0 amide bonds. The second-order valence-corrected chi connectivity index (χ2v) is 3.88. The maximum Gasteiger partial charge on any atom is 0.169 e. The van der Waals surface area contributed by atoms with Crippen LogP contribution in [0, 0.1) is 0 Å². The van der Waals surface area contributed by atoms with Gasteiger partial charge in [0.25, 0.3) is 0 Å². The fourth-order valence-corrected chi connectivity index (χ4v) is 1.70. The fourth-order valence-electron chi connectivity index (χ4n) is 1.70. The molecule has 1 aromatic carbocycles. The van der Waals surface area contributed by atoms with Crippen LogP contribution in [0.1, 0.15) is 5.69 Å². The van der Waals surface area contributed by atoms with Crippen LogP contribution in [0.25, 0.3) is 11.0 Å². The molecule has 6 nitrogen and oxygen atoms in total. The zero-order valence-electron chi connectivity index (χ0n) is 9.59. The number of hydrogen-bond donors (Lipinski definition) is 3. The number of benzene rings is 1. The van der Waals surface area contributed by atoms with Gasteiger partial charge in [-0.05, 0) is 12.1 Å². The van der Waals surface area contributed by atoms with E-state index in [0.29, 0.717) is 18.2 Å². The van der Waals surface area contributed by atoms with Gasteiger partial charge in [0.1, 0.15) is 0 Å². The number of rotatable bonds is 3. The molecule has 4 N–H and O–H groups in total. The summed E-state index contributed by atoms with van der Waals surface area (Å²) in [5.74, 6) is 0.983. The quantitative estimate of drug-likeness (QED) is 0.646. The molecule has 0 atom stereocenters. The van der Waals surface area contributed by atoms with Gasteiger partial charge in [0.2, 0.25) is 0 Å². The largest absolute Gasteiger partial charge is 0.381 e. The molecule has 0 saturated carbocycles. The summed E-state index contributed by atoms with van der Waals surface area (Å²) in [5, 5.41) is 3.14. The van der Waals surface area contributed by atoms with E-state index in [0.717, 1.165) is 16.7 Å². The number of hydrogen-bond acceptors (Lipinski definition) is 5. The Kier molecular flexibility index (Phi) is 2.53. The highest BCUT2D eigenvalue weighted by molar-refractivity contribution is 5.79. The first-order chi connectivity index (χ1) is 8.83. The third-order valence-corrected chi connectivity index (χ3v) is 2.60. The minimum atomic E-state index is 0.396. The maximum atomic E-state index is 5.86. The van der Waals surface area contributed by atoms with Crippen LogP contribution in [0.5, 0.6) is 0 Å². The van der Waals surface area contributed by atoms with Crippen LogP contribution in [0.3, 0.4) is 0 Å². The highest BCUT2D eigenvalue weighted by Gasteiger charge is 2.05. The van der Waals surface area contributed by atoms with Crippen molar-refractivity contribution in [3.8, 4) is 0 Å². The van der Waals surface area contributed by atoms with Crippen molar-refractivity contribution in [3.63, 3.8) is 0 Å².